The molecule has 6 nitrogen and oxygen atoms in total. The molecule has 0 radical (unpaired) electrons. The van der Waals surface area contributed by atoms with Gasteiger partial charge in [-0.1, -0.05) is 39.0 Å². The third-order valence-electron chi connectivity index (χ3n) is 11.3. The van der Waals surface area contributed by atoms with Crippen LogP contribution in [0.3, 0.4) is 0 Å². The Hall–Kier alpha value is -1.58. The van der Waals surface area contributed by atoms with Gasteiger partial charge in [0.1, 0.15) is 6.10 Å². The molecule has 4 saturated carbocycles. The van der Waals surface area contributed by atoms with Crippen molar-refractivity contribution < 1.29 is 28.8 Å². The zero-order chi connectivity index (χ0) is 29.6. The molecule has 0 spiro atoms. The van der Waals surface area contributed by atoms with Gasteiger partial charge in [0.2, 0.25) is 0 Å². The third kappa shape index (κ3) is 5.98. The van der Waals surface area contributed by atoms with Crippen LogP contribution in [0.1, 0.15) is 133 Å². The number of fused-ring (bicyclic) bond motifs is 5. The smallest absolute Gasteiger partial charge is 0.304 e. The zero-order valence-electron chi connectivity index (χ0n) is 26.6. The van der Waals surface area contributed by atoms with Crippen LogP contribution >= 0.6 is 0 Å². The average Bonchev–Trinajstić information content (AvgIpc) is 3.13. The zero-order valence-corrected chi connectivity index (χ0v) is 26.6. The molecule has 0 heterocycles. The molecule has 0 unspecified atom stereocenters. The SMILES string of the molecule is CCCC(C)(C)OOC(C)(C)C#C[C@]1(OC(C)=O)CC[C@@H]2[C@@H]3CC[C@H]4C[C@@H](OC(C)=O)CC[C@]4(C)[C@H]3CC[C@@]21C. The summed E-state index contributed by atoms with van der Waals surface area (Å²) >= 11 is 0. The second-order valence-electron chi connectivity index (χ2n) is 15.0. The van der Waals surface area contributed by atoms with Crippen LogP contribution in [0.25, 0.3) is 0 Å². The normalized spacial score (nSPS) is 39.2. The minimum atomic E-state index is -0.837. The summed E-state index contributed by atoms with van der Waals surface area (Å²) in [5.74, 6) is 8.76. The molecule has 0 aromatic carbocycles. The number of carbonyl (C=O) groups is 2. The molecular formula is C34H54O6. The van der Waals surface area contributed by atoms with E-state index < -0.39 is 16.8 Å². The van der Waals surface area contributed by atoms with Crippen molar-refractivity contribution in [3.05, 3.63) is 0 Å². The first-order valence-electron chi connectivity index (χ1n) is 15.8. The van der Waals surface area contributed by atoms with Gasteiger partial charge in [-0.3, -0.25) is 9.59 Å². The van der Waals surface area contributed by atoms with Crippen LogP contribution in [0.5, 0.6) is 0 Å². The van der Waals surface area contributed by atoms with Gasteiger partial charge in [-0.2, -0.15) is 0 Å². The van der Waals surface area contributed by atoms with E-state index in [1.54, 1.807) is 0 Å². The van der Waals surface area contributed by atoms with E-state index >= 15 is 0 Å². The van der Waals surface area contributed by atoms with Crippen molar-refractivity contribution in [3.63, 3.8) is 0 Å². The molecule has 0 aromatic rings. The van der Waals surface area contributed by atoms with Crippen LogP contribution < -0.4 is 0 Å². The van der Waals surface area contributed by atoms with Gasteiger partial charge in [-0.25, -0.2) is 9.78 Å². The molecule has 0 N–H and O–H groups in total. The highest BCUT2D eigenvalue weighted by atomic mass is 17.2. The monoisotopic (exact) mass is 558 g/mol. The molecular weight excluding hydrogens is 504 g/mol. The summed E-state index contributed by atoms with van der Waals surface area (Å²) in [6, 6.07) is 0. The van der Waals surface area contributed by atoms with Crippen molar-refractivity contribution in [2.24, 2.45) is 34.5 Å². The number of ether oxygens (including phenoxy) is 2. The summed E-state index contributed by atoms with van der Waals surface area (Å²) in [7, 11) is 0. The van der Waals surface area contributed by atoms with E-state index in [1.807, 2.05) is 27.7 Å². The fraction of sp³-hybridized carbons (Fsp3) is 0.882. The lowest BCUT2D eigenvalue weighted by Crippen LogP contribution is -2.57. The quantitative estimate of drug-likeness (QED) is 0.139. The van der Waals surface area contributed by atoms with E-state index in [9.17, 15) is 9.59 Å². The van der Waals surface area contributed by atoms with Crippen molar-refractivity contribution in [1.29, 1.82) is 0 Å². The molecule has 4 fully saturated rings. The van der Waals surface area contributed by atoms with Gasteiger partial charge in [0, 0.05) is 19.3 Å². The van der Waals surface area contributed by atoms with Crippen LogP contribution in [0.4, 0.5) is 0 Å². The molecule has 0 aliphatic heterocycles. The number of hydrogen-bond donors (Lipinski definition) is 0. The lowest BCUT2D eigenvalue weighted by molar-refractivity contribution is -0.389. The molecule has 6 heteroatoms. The molecule has 4 aliphatic rings. The summed E-state index contributed by atoms with van der Waals surface area (Å²) in [6.45, 7) is 17.9. The van der Waals surface area contributed by atoms with Gasteiger partial charge in [0.15, 0.2) is 11.2 Å². The number of rotatable bonds is 7. The Morgan fingerprint density at radius 2 is 1.57 bits per heavy atom. The lowest BCUT2D eigenvalue weighted by Gasteiger charge is -2.61. The summed E-state index contributed by atoms with van der Waals surface area (Å²) in [4.78, 5) is 35.8. The molecule has 8 atom stereocenters. The van der Waals surface area contributed by atoms with Gasteiger partial charge in [0.05, 0.1) is 5.60 Å². The van der Waals surface area contributed by atoms with Gasteiger partial charge in [-0.05, 0) is 121 Å². The highest BCUT2D eigenvalue weighted by molar-refractivity contribution is 5.67. The Balaban J connectivity index is 1.56. The summed E-state index contributed by atoms with van der Waals surface area (Å²) in [5.41, 5.74) is -1.98. The molecule has 0 aromatic heterocycles. The topological polar surface area (TPSA) is 71.1 Å². The van der Waals surface area contributed by atoms with E-state index in [2.05, 4.69) is 32.6 Å². The lowest BCUT2D eigenvalue weighted by atomic mass is 9.44. The van der Waals surface area contributed by atoms with Gasteiger partial charge >= 0.3 is 11.9 Å². The minimum absolute atomic E-state index is 0.0708. The van der Waals surface area contributed by atoms with Crippen molar-refractivity contribution in [2.45, 2.75) is 156 Å². The minimum Gasteiger partial charge on any atom is -0.463 e. The van der Waals surface area contributed by atoms with E-state index in [0.717, 1.165) is 57.8 Å². The summed E-state index contributed by atoms with van der Waals surface area (Å²) in [6.07, 6.45) is 11.3. The summed E-state index contributed by atoms with van der Waals surface area (Å²) in [5, 5.41) is 0. The molecule has 226 valence electrons. The van der Waals surface area contributed by atoms with Crippen molar-refractivity contribution in [2.75, 3.05) is 0 Å². The third-order valence-corrected chi connectivity index (χ3v) is 11.3. The first-order chi connectivity index (χ1) is 18.6. The Bertz CT molecular complexity index is 1020. The number of carbonyl (C=O) groups excluding carboxylic acids is 2. The maximum Gasteiger partial charge on any atom is 0.304 e. The highest BCUT2D eigenvalue weighted by Crippen LogP contribution is 2.69. The maximum atomic E-state index is 12.5. The second kappa shape index (κ2) is 11.3. The molecule has 0 bridgehead atoms. The van der Waals surface area contributed by atoms with Crippen molar-refractivity contribution in [3.8, 4) is 11.8 Å². The first kappa shape index (κ1) is 31.4. The van der Waals surface area contributed by atoms with Crippen LogP contribution in [-0.2, 0) is 28.8 Å². The molecule has 40 heavy (non-hydrogen) atoms. The van der Waals surface area contributed by atoms with Crippen LogP contribution in [0.2, 0.25) is 0 Å². The standard InChI is InChI=1S/C34H54O6/c1-10-16-30(4,5)39-40-31(6,7)20-21-34(38-24(3)36)19-15-29-27-12-11-25-22-26(37-23(2)35)13-17-32(25,8)28(27)14-18-33(29,34)9/h25-29H,10-19,22H2,1-9H3/t25-,26-,27+,28-,29+,32-,33-,34+/m0/s1. The van der Waals surface area contributed by atoms with E-state index in [0.29, 0.717) is 23.7 Å². The Labute approximate surface area is 242 Å². The Morgan fingerprint density at radius 1 is 0.875 bits per heavy atom. The van der Waals surface area contributed by atoms with E-state index in [-0.39, 0.29) is 28.9 Å². The summed E-state index contributed by atoms with van der Waals surface area (Å²) < 4.78 is 11.9. The van der Waals surface area contributed by atoms with Gasteiger partial charge in [0.25, 0.3) is 0 Å². The van der Waals surface area contributed by atoms with E-state index in [4.69, 9.17) is 19.2 Å². The fourth-order valence-corrected chi connectivity index (χ4v) is 9.34. The van der Waals surface area contributed by atoms with Crippen LogP contribution in [0, 0.1) is 46.3 Å². The number of esters is 2. The Kier molecular flexibility index (Phi) is 8.82. The maximum absolute atomic E-state index is 12.5. The molecule has 0 saturated heterocycles. The molecule has 4 rings (SSSR count). The number of hydrogen-bond acceptors (Lipinski definition) is 6. The fourth-order valence-electron chi connectivity index (χ4n) is 9.34. The van der Waals surface area contributed by atoms with Crippen molar-refractivity contribution in [1.82, 2.24) is 0 Å². The van der Waals surface area contributed by atoms with E-state index in [1.165, 1.54) is 26.7 Å². The average molecular weight is 559 g/mol. The largest absolute Gasteiger partial charge is 0.463 e. The highest BCUT2D eigenvalue weighted by Gasteiger charge is 2.66. The van der Waals surface area contributed by atoms with Crippen LogP contribution in [-0.4, -0.2) is 34.8 Å². The Morgan fingerprint density at radius 3 is 2.23 bits per heavy atom. The first-order valence-corrected chi connectivity index (χ1v) is 15.8. The predicted molar refractivity (Wildman–Crippen MR) is 155 cm³/mol. The van der Waals surface area contributed by atoms with Crippen LogP contribution in [0.15, 0.2) is 0 Å². The van der Waals surface area contributed by atoms with Gasteiger partial charge < -0.3 is 9.47 Å². The second-order valence-corrected chi connectivity index (χ2v) is 15.0. The predicted octanol–water partition coefficient (Wildman–Crippen LogP) is 7.57. The van der Waals surface area contributed by atoms with Gasteiger partial charge in [-0.15, -0.1) is 0 Å². The molecule has 4 aliphatic carbocycles. The molecule has 0 amide bonds. The van der Waals surface area contributed by atoms with Crippen molar-refractivity contribution >= 4 is 11.9 Å².